The minimum Gasteiger partial charge on any atom is -0.444 e. The largest absolute Gasteiger partial charge is 0.444 e. The molecule has 0 radical (unpaired) electrons. The van der Waals surface area contributed by atoms with Gasteiger partial charge in [0.2, 0.25) is 0 Å². The fraction of sp³-hybridized carbons (Fsp3) is 0.686. The van der Waals surface area contributed by atoms with E-state index in [0.29, 0.717) is 0 Å². The van der Waals surface area contributed by atoms with Gasteiger partial charge >= 0.3 is 6.09 Å². The van der Waals surface area contributed by atoms with Crippen molar-refractivity contribution in [1.29, 1.82) is 0 Å². The molecule has 2 aromatic heterocycles. The van der Waals surface area contributed by atoms with E-state index in [1.165, 1.54) is 0 Å². The Balaban J connectivity index is 1.28. The number of nitrogens with one attached hydrogen (secondary N) is 1. The van der Waals surface area contributed by atoms with Crippen LogP contribution >= 0.6 is 11.6 Å². The van der Waals surface area contributed by atoms with Crippen molar-refractivity contribution in [2.45, 2.75) is 110 Å². The predicted molar refractivity (Wildman–Crippen MR) is 182 cm³/mol. The van der Waals surface area contributed by atoms with Crippen LogP contribution in [0.5, 0.6) is 0 Å². The third-order valence-electron chi connectivity index (χ3n) is 10.9. The average Bonchev–Trinajstić information content (AvgIpc) is 3.53. The van der Waals surface area contributed by atoms with Crippen LogP contribution in [0.3, 0.4) is 0 Å². The van der Waals surface area contributed by atoms with Crippen LogP contribution in [0.25, 0.3) is 22.0 Å². The Bertz CT molecular complexity index is 1640. The third-order valence-corrected chi connectivity index (χ3v) is 11.4. The Labute approximate surface area is 277 Å². The molecular formula is C35H50ClN7O3. The van der Waals surface area contributed by atoms with Crippen LogP contribution in [0.4, 0.5) is 10.6 Å². The van der Waals surface area contributed by atoms with E-state index in [9.17, 15) is 4.79 Å². The molecule has 4 aliphatic rings. The number of hydrogen-bond acceptors (Lipinski definition) is 7. The molecule has 1 spiro atoms. The number of anilines is 1. The van der Waals surface area contributed by atoms with Crippen LogP contribution in [0.1, 0.15) is 96.7 Å². The summed E-state index contributed by atoms with van der Waals surface area (Å²) in [6, 6.07) is 2.43. The average molecular weight is 652 g/mol. The van der Waals surface area contributed by atoms with Crippen LogP contribution in [-0.4, -0.2) is 81.0 Å². The first-order valence-electron chi connectivity index (χ1n) is 17.2. The molecule has 1 unspecified atom stereocenters. The van der Waals surface area contributed by atoms with E-state index >= 15 is 0 Å². The summed E-state index contributed by atoms with van der Waals surface area (Å²) >= 11 is 7.31. The highest BCUT2D eigenvalue weighted by Gasteiger charge is 2.56. The van der Waals surface area contributed by atoms with Gasteiger partial charge in [-0.3, -0.25) is 4.68 Å². The van der Waals surface area contributed by atoms with E-state index in [0.717, 1.165) is 122 Å². The predicted octanol–water partition coefficient (Wildman–Crippen LogP) is 7.02. The number of nitrogens with zero attached hydrogens (tertiary/aromatic N) is 6. The molecule has 2 atom stereocenters. The number of aromatic nitrogens is 4. The van der Waals surface area contributed by atoms with E-state index in [1.54, 1.807) is 0 Å². The Kier molecular flexibility index (Phi) is 7.88. The van der Waals surface area contributed by atoms with Crippen molar-refractivity contribution >= 4 is 34.4 Å². The number of aryl methyl sites for hydroxylation is 1. The zero-order chi connectivity index (χ0) is 32.6. The van der Waals surface area contributed by atoms with Crippen LogP contribution in [0.15, 0.2) is 12.3 Å². The number of amides is 1. The van der Waals surface area contributed by atoms with Crippen molar-refractivity contribution in [2.24, 2.45) is 5.41 Å². The van der Waals surface area contributed by atoms with Crippen LogP contribution < -0.4 is 10.2 Å². The lowest BCUT2D eigenvalue weighted by atomic mass is 9.61. The molecular weight excluding hydrogens is 602 g/mol. The summed E-state index contributed by atoms with van der Waals surface area (Å²) in [7, 11) is 0. The smallest absolute Gasteiger partial charge is 0.410 e. The maximum atomic E-state index is 12.7. The van der Waals surface area contributed by atoms with E-state index in [2.05, 4.69) is 53.3 Å². The highest BCUT2D eigenvalue weighted by molar-refractivity contribution is 6.36. The topological polar surface area (TPSA) is 89.7 Å². The molecule has 250 valence electrons. The van der Waals surface area contributed by atoms with E-state index in [-0.39, 0.29) is 29.3 Å². The molecule has 5 heterocycles. The summed E-state index contributed by atoms with van der Waals surface area (Å²) in [4.78, 5) is 17.0. The number of likely N-dealkylation sites (tertiary alicyclic amines) is 1. The second-order valence-electron chi connectivity index (χ2n) is 15.5. The van der Waals surface area contributed by atoms with Gasteiger partial charge in [-0.25, -0.2) is 9.48 Å². The maximum Gasteiger partial charge on any atom is 0.410 e. The first kappa shape index (κ1) is 31.8. The Morgan fingerprint density at radius 1 is 1.17 bits per heavy atom. The number of benzene rings is 1. The van der Waals surface area contributed by atoms with Crippen molar-refractivity contribution in [3.63, 3.8) is 0 Å². The van der Waals surface area contributed by atoms with Crippen molar-refractivity contribution < 1.29 is 14.3 Å². The summed E-state index contributed by atoms with van der Waals surface area (Å²) in [5.41, 5.74) is 4.90. The van der Waals surface area contributed by atoms with Gasteiger partial charge in [0.25, 0.3) is 0 Å². The summed E-state index contributed by atoms with van der Waals surface area (Å²) in [5, 5.41) is 15.8. The molecule has 4 fully saturated rings. The van der Waals surface area contributed by atoms with Gasteiger partial charge in [0.1, 0.15) is 5.60 Å². The SMILES string of the molecule is CC[C@]1(C)CNCCN1c1nn(C2CC3(C2)CN(C(=O)OC(C)(C)C)C3)c(C)c1-c1c(Cl)c(C)cc2c1cnn2C1CCCCO1. The Hall–Kier alpha value is -2.82. The monoisotopic (exact) mass is 651 g/mol. The molecule has 11 heteroatoms. The quantitative estimate of drug-likeness (QED) is 0.317. The van der Waals surface area contributed by atoms with E-state index in [1.807, 2.05) is 31.9 Å². The molecule has 3 aromatic rings. The van der Waals surface area contributed by atoms with Gasteiger partial charge in [0.05, 0.1) is 28.3 Å². The second kappa shape index (κ2) is 11.4. The molecule has 7 rings (SSSR count). The minimum atomic E-state index is -0.486. The van der Waals surface area contributed by atoms with Crippen LogP contribution in [-0.2, 0) is 9.47 Å². The number of hydrogen-bond donors (Lipinski definition) is 1. The fourth-order valence-corrected chi connectivity index (χ4v) is 8.46. The summed E-state index contributed by atoms with van der Waals surface area (Å²) in [6.45, 7) is 19.6. The fourth-order valence-electron chi connectivity index (χ4n) is 8.20. The Morgan fingerprint density at radius 2 is 1.93 bits per heavy atom. The summed E-state index contributed by atoms with van der Waals surface area (Å²) < 4.78 is 16.1. The maximum absolute atomic E-state index is 12.7. The Morgan fingerprint density at radius 3 is 2.61 bits per heavy atom. The van der Waals surface area contributed by atoms with Gasteiger partial charge in [-0.2, -0.15) is 10.2 Å². The number of ether oxygens (including phenoxy) is 2. The lowest BCUT2D eigenvalue weighted by Crippen LogP contribution is -2.64. The third kappa shape index (κ3) is 5.28. The van der Waals surface area contributed by atoms with E-state index < -0.39 is 5.60 Å². The van der Waals surface area contributed by atoms with Gasteiger partial charge in [-0.05, 0) is 91.7 Å². The number of piperazine rings is 1. The molecule has 0 bridgehead atoms. The molecule has 1 amide bonds. The van der Waals surface area contributed by atoms with Crippen LogP contribution in [0.2, 0.25) is 5.02 Å². The minimum absolute atomic E-state index is 0.0617. The summed E-state index contributed by atoms with van der Waals surface area (Å²) in [6.07, 6.45) is 7.87. The molecule has 3 saturated heterocycles. The first-order chi connectivity index (χ1) is 21.8. The van der Waals surface area contributed by atoms with Crippen molar-refractivity contribution in [3.8, 4) is 11.1 Å². The van der Waals surface area contributed by atoms with Gasteiger partial charge in [-0.1, -0.05) is 18.5 Å². The van der Waals surface area contributed by atoms with Gasteiger partial charge < -0.3 is 24.6 Å². The zero-order valence-electron chi connectivity index (χ0n) is 28.6. The number of halogens is 1. The molecule has 3 aliphatic heterocycles. The van der Waals surface area contributed by atoms with Gasteiger partial charge in [0.15, 0.2) is 12.0 Å². The number of rotatable bonds is 5. The van der Waals surface area contributed by atoms with Crippen molar-refractivity contribution in [2.75, 3.05) is 44.2 Å². The number of carbonyl (C=O) groups is 1. The number of carbonyl (C=O) groups excluding carboxylic acids is 1. The van der Waals surface area contributed by atoms with Crippen LogP contribution in [0, 0.1) is 19.3 Å². The lowest BCUT2D eigenvalue weighted by molar-refractivity contribution is -0.0930. The van der Waals surface area contributed by atoms with Gasteiger partial charge in [0, 0.05) is 67.0 Å². The lowest BCUT2D eigenvalue weighted by Gasteiger charge is -2.58. The number of fused-ring (bicyclic) bond motifs is 1. The molecule has 1 saturated carbocycles. The highest BCUT2D eigenvalue weighted by atomic mass is 35.5. The van der Waals surface area contributed by atoms with E-state index in [4.69, 9.17) is 31.3 Å². The molecule has 10 nitrogen and oxygen atoms in total. The van der Waals surface area contributed by atoms with Crippen molar-refractivity contribution in [3.05, 3.63) is 28.5 Å². The second-order valence-corrected chi connectivity index (χ2v) is 15.9. The molecule has 1 aromatic carbocycles. The van der Waals surface area contributed by atoms with Crippen molar-refractivity contribution in [1.82, 2.24) is 29.8 Å². The standard InChI is InChI=1S/C35H50ClN7O3/c1-8-34(7)19-37-12-13-41(34)31-28(29-25-18-38-43(27-11-9-10-14-45-27)26(25)15-22(2)30(29)36)23(3)42(39-31)24-16-35(17-24)20-40(21-35)32(44)46-33(4,5)6/h15,18,24,27,37H,8-14,16-17,19-21H2,1-7H3/t27?,34-/m1/s1. The molecule has 1 aliphatic carbocycles. The summed E-state index contributed by atoms with van der Waals surface area (Å²) in [5.74, 6) is 1.00. The highest BCUT2D eigenvalue weighted by Crippen LogP contribution is 2.56. The van der Waals surface area contributed by atoms with Gasteiger partial charge in [-0.15, -0.1) is 0 Å². The zero-order valence-corrected chi connectivity index (χ0v) is 29.3. The molecule has 1 N–H and O–H groups in total. The first-order valence-corrected chi connectivity index (χ1v) is 17.5. The normalized spacial score (nSPS) is 25.2. The molecule has 46 heavy (non-hydrogen) atoms.